The Hall–Kier alpha value is -3.68. The number of fused-ring (bicyclic) bond motifs is 1. The van der Waals surface area contributed by atoms with Crippen molar-refractivity contribution in [2.75, 3.05) is 63.9 Å². The van der Waals surface area contributed by atoms with Crippen LogP contribution in [0.1, 0.15) is 30.4 Å². The maximum Gasteiger partial charge on any atom is 0.245 e. The van der Waals surface area contributed by atoms with Crippen LogP contribution in [0.5, 0.6) is 0 Å². The minimum atomic E-state index is -0.419. The first-order valence-corrected chi connectivity index (χ1v) is 15.5. The van der Waals surface area contributed by atoms with Crippen molar-refractivity contribution >= 4 is 17.5 Å². The quantitative estimate of drug-likeness (QED) is 0.377. The Morgan fingerprint density at radius 1 is 0.738 bits per heavy atom. The second-order valence-electron chi connectivity index (χ2n) is 11.6. The van der Waals surface area contributed by atoms with E-state index in [1.807, 2.05) is 21.9 Å². The average Bonchev–Trinajstić information content (AvgIpc) is 3.07. The van der Waals surface area contributed by atoms with Gasteiger partial charge in [0.05, 0.1) is 13.2 Å². The van der Waals surface area contributed by atoms with Crippen LogP contribution in [-0.4, -0.2) is 91.6 Å². The highest BCUT2D eigenvalue weighted by atomic mass is 16.5. The molecule has 0 bridgehead atoms. The van der Waals surface area contributed by atoms with Gasteiger partial charge in [-0.25, -0.2) is 0 Å². The van der Waals surface area contributed by atoms with Crippen LogP contribution in [-0.2, 0) is 27.3 Å². The van der Waals surface area contributed by atoms with Gasteiger partial charge >= 0.3 is 0 Å². The second kappa shape index (κ2) is 13.5. The third-order valence-corrected chi connectivity index (χ3v) is 8.99. The molecule has 3 aliphatic heterocycles. The zero-order valence-electron chi connectivity index (χ0n) is 24.5. The van der Waals surface area contributed by atoms with Crippen molar-refractivity contribution in [2.45, 2.75) is 38.3 Å². The molecular weight excluding hydrogens is 524 g/mol. The largest absolute Gasteiger partial charge is 0.378 e. The van der Waals surface area contributed by atoms with Gasteiger partial charge in [-0.05, 0) is 42.1 Å². The van der Waals surface area contributed by atoms with E-state index >= 15 is 0 Å². The minimum absolute atomic E-state index is 0.0628. The molecule has 0 unspecified atom stereocenters. The Kier molecular flexibility index (Phi) is 9.16. The summed E-state index contributed by atoms with van der Waals surface area (Å²) in [5, 5.41) is 0. The first kappa shape index (κ1) is 28.4. The van der Waals surface area contributed by atoms with Gasteiger partial charge < -0.3 is 19.4 Å². The van der Waals surface area contributed by atoms with E-state index in [-0.39, 0.29) is 11.8 Å². The number of carbonyl (C=O) groups excluding carboxylic acids is 2. The molecule has 3 aromatic carbocycles. The van der Waals surface area contributed by atoms with Gasteiger partial charge in [-0.2, -0.15) is 0 Å². The number of benzene rings is 3. The van der Waals surface area contributed by atoms with Crippen molar-refractivity contribution in [3.63, 3.8) is 0 Å². The topological polar surface area (TPSA) is 56.3 Å². The Balaban J connectivity index is 0.999. The summed E-state index contributed by atoms with van der Waals surface area (Å²) in [5.41, 5.74) is 6.18. The molecule has 0 radical (unpaired) electrons. The van der Waals surface area contributed by atoms with E-state index in [0.717, 1.165) is 51.1 Å². The molecule has 7 heteroatoms. The molecule has 6 rings (SSSR count). The predicted molar refractivity (Wildman–Crippen MR) is 166 cm³/mol. The number of ether oxygens (including phenoxy) is 1. The minimum Gasteiger partial charge on any atom is -0.378 e. The highest BCUT2D eigenvalue weighted by Gasteiger charge is 2.37. The number of unbranched alkanes of at least 4 members (excludes halogenated alkanes) is 1. The molecule has 3 heterocycles. The molecule has 3 aromatic rings. The van der Waals surface area contributed by atoms with Crippen LogP contribution in [0.3, 0.4) is 0 Å². The van der Waals surface area contributed by atoms with Gasteiger partial charge in [0, 0.05) is 69.9 Å². The number of hydrogen-bond acceptors (Lipinski definition) is 5. The van der Waals surface area contributed by atoms with Gasteiger partial charge in [0.25, 0.3) is 0 Å². The highest BCUT2D eigenvalue weighted by molar-refractivity contribution is 5.88. The summed E-state index contributed by atoms with van der Waals surface area (Å²) < 4.78 is 5.45. The van der Waals surface area contributed by atoms with E-state index in [2.05, 4.69) is 76.5 Å². The standard InChI is InChI=1S/C35H42N4O3/c40-34(39-27-30-13-5-4-12-29(30)26-33(39)35(41)38-22-24-42-25-23-38)16-8-9-17-36-18-20-37(21-19-36)32-15-7-6-14-31(32)28-10-2-1-3-11-28/h1-7,10-15,33H,8-9,16-27H2/t33-/m0/s1. The van der Waals surface area contributed by atoms with Gasteiger partial charge in [-0.3, -0.25) is 14.5 Å². The molecule has 2 amide bonds. The molecule has 0 saturated carbocycles. The first-order valence-electron chi connectivity index (χ1n) is 15.5. The number of para-hydroxylation sites is 1. The molecule has 3 aliphatic rings. The number of anilines is 1. The molecule has 1 atom stereocenters. The summed E-state index contributed by atoms with van der Waals surface area (Å²) >= 11 is 0. The van der Waals surface area contributed by atoms with Gasteiger partial charge in [0.1, 0.15) is 6.04 Å². The monoisotopic (exact) mass is 566 g/mol. The van der Waals surface area contributed by atoms with E-state index in [1.165, 1.54) is 22.4 Å². The van der Waals surface area contributed by atoms with Crippen molar-refractivity contribution in [3.8, 4) is 11.1 Å². The lowest BCUT2D eigenvalue weighted by Gasteiger charge is -2.39. The van der Waals surface area contributed by atoms with E-state index in [0.29, 0.717) is 45.7 Å². The lowest BCUT2D eigenvalue weighted by Crippen LogP contribution is -2.55. The number of piperazine rings is 1. The molecule has 0 spiro atoms. The van der Waals surface area contributed by atoms with Crippen LogP contribution in [0.2, 0.25) is 0 Å². The van der Waals surface area contributed by atoms with E-state index < -0.39 is 6.04 Å². The molecule has 7 nitrogen and oxygen atoms in total. The zero-order valence-corrected chi connectivity index (χ0v) is 24.5. The van der Waals surface area contributed by atoms with Crippen LogP contribution >= 0.6 is 0 Å². The Morgan fingerprint density at radius 3 is 2.21 bits per heavy atom. The molecular formula is C35H42N4O3. The van der Waals surface area contributed by atoms with Crippen LogP contribution in [0.25, 0.3) is 11.1 Å². The van der Waals surface area contributed by atoms with Crippen molar-refractivity contribution in [2.24, 2.45) is 0 Å². The Morgan fingerprint density at radius 2 is 1.43 bits per heavy atom. The van der Waals surface area contributed by atoms with Crippen molar-refractivity contribution in [1.82, 2.24) is 14.7 Å². The lowest BCUT2D eigenvalue weighted by molar-refractivity contribution is -0.149. The summed E-state index contributed by atoms with van der Waals surface area (Å²) in [6.07, 6.45) is 2.90. The SMILES string of the molecule is O=C([C@@H]1Cc2ccccc2CN1C(=O)CCCCN1CCN(c2ccccc2-c2ccccc2)CC1)N1CCOCC1. The van der Waals surface area contributed by atoms with Crippen LogP contribution in [0.4, 0.5) is 5.69 Å². The summed E-state index contributed by atoms with van der Waals surface area (Å²) in [4.78, 5) is 35.8. The number of rotatable bonds is 8. The number of amides is 2. The second-order valence-corrected chi connectivity index (χ2v) is 11.6. The normalized spacial score (nSPS) is 19.4. The van der Waals surface area contributed by atoms with E-state index in [4.69, 9.17) is 4.74 Å². The van der Waals surface area contributed by atoms with Gasteiger partial charge in [0.15, 0.2) is 0 Å². The van der Waals surface area contributed by atoms with Gasteiger partial charge in [0.2, 0.25) is 11.8 Å². The third kappa shape index (κ3) is 6.53. The van der Waals surface area contributed by atoms with E-state index in [9.17, 15) is 9.59 Å². The maximum absolute atomic E-state index is 13.5. The fraction of sp³-hybridized carbons (Fsp3) is 0.429. The predicted octanol–water partition coefficient (Wildman–Crippen LogP) is 4.46. The summed E-state index contributed by atoms with van der Waals surface area (Å²) in [5.74, 6) is 0.159. The van der Waals surface area contributed by atoms with Gasteiger partial charge in [-0.15, -0.1) is 0 Å². The van der Waals surface area contributed by atoms with E-state index in [1.54, 1.807) is 0 Å². The number of carbonyl (C=O) groups is 2. The molecule has 2 fully saturated rings. The first-order chi connectivity index (χ1) is 20.7. The Bertz CT molecular complexity index is 1350. The van der Waals surface area contributed by atoms with Crippen LogP contribution in [0.15, 0.2) is 78.9 Å². The van der Waals surface area contributed by atoms with Crippen molar-refractivity contribution in [3.05, 3.63) is 90.0 Å². The summed E-state index contributed by atoms with van der Waals surface area (Å²) in [6, 6.07) is 27.1. The molecule has 220 valence electrons. The molecule has 0 N–H and O–H groups in total. The smallest absolute Gasteiger partial charge is 0.245 e. The fourth-order valence-corrected chi connectivity index (χ4v) is 6.58. The number of nitrogens with zero attached hydrogens (tertiary/aromatic N) is 4. The zero-order chi connectivity index (χ0) is 28.7. The lowest BCUT2D eigenvalue weighted by atomic mass is 9.92. The molecule has 0 aromatic heterocycles. The highest BCUT2D eigenvalue weighted by Crippen LogP contribution is 2.31. The van der Waals surface area contributed by atoms with Crippen LogP contribution < -0.4 is 4.90 Å². The molecule has 2 saturated heterocycles. The van der Waals surface area contributed by atoms with Crippen molar-refractivity contribution in [1.29, 1.82) is 0 Å². The average molecular weight is 567 g/mol. The number of hydrogen-bond donors (Lipinski definition) is 0. The van der Waals surface area contributed by atoms with Gasteiger partial charge in [-0.1, -0.05) is 72.8 Å². The molecule has 0 aliphatic carbocycles. The Labute approximate surface area is 249 Å². The van der Waals surface area contributed by atoms with Crippen molar-refractivity contribution < 1.29 is 14.3 Å². The maximum atomic E-state index is 13.5. The third-order valence-electron chi connectivity index (χ3n) is 8.99. The molecule has 42 heavy (non-hydrogen) atoms. The summed E-state index contributed by atoms with van der Waals surface area (Å²) in [6.45, 7) is 7.90. The van der Waals surface area contributed by atoms with Crippen LogP contribution in [0, 0.1) is 0 Å². The summed E-state index contributed by atoms with van der Waals surface area (Å²) in [7, 11) is 0. The number of morpholine rings is 1. The fourth-order valence-electron chi connectivity index (χ4n) is 6.58.